The van der Waals surface area contributed by atoms with Gasteiger partial charge in [-0.3, -0.25) is 14.5 Å². The molecule has 0 saturated carbocycles. The number of β-amino-alcohol motifs (C(OH)–C–C–N with tert-alkyl or cyclic N) is 1. The summed E-state index contributed by atoms with van der Waals surface area (Å²) in [4.78, 5) is 23.9. The minimum Gasteiger partial charge on any atom is -0.395 e. The average Bonchev–Trinajstić information content (AvgIpc) is 2.69. The van der Waals surface area contributed by atoms with Crippen LogP contribution in [0.2, 0.25) is 0 Å². The summed E-state index contributed by atoms with van der Waals surface area (Å²) in [6, 6.07) is 1.06. The van der Waals surface area contributed by atoms with Crippen LogP contribution in [0.25, 0.3) is 0 Å². The first kappa shape index (κ1) is 16.9. The zero-order valence-corrected chi connectivity index (χ0v) is 11.2. The van der Waals surface area contributed by atoms with E-state index in [0.29, 0.717) is 17.0 Å². The van der Waals surface area contributed by atoms with Gasteiger partial charge in [0, 0.05) is 6.08 Å². The minimum absolute atomic E-state index is 0.320. The van der Waals surface area contributed by atoms with E-state index in [2.05, 4.69) is 0 Å². The molecule has 0 aromatic heterocycles. The van der Waals surface area contributed by atoms with Crippen LogP contribution >= 0.6 is 0 Å². The second-order valence-corrected chi connectivity index (χ2v) is 4.48. The first-order valence-corrected chi connectivity index (χ1v) is 6.17. The number of aliphatic hydroxyl groups excluding tert-OH is 1. The number of nitrogens with zero attached hydrogens (tertiary/aromatic N) is 1. The summed E-state index contributed by atoms with van der Waals surface area (Å²) in [5, 5.41) is 10.8. The molecule has 23 heavy (non-hydrogen) atoms. The Labute approximate surface area is 126 Å². The van der Waals surface area contributed by atoms with E-state index in [9.17, 15) is 31.5 Å². The first-order chi connectivity index (χ1) is 10.7. The van der Waals surface area contributed by atoms with Crippen LogP contribution in [-0.2, 0) is 15.8 Å². The van der Waals surface area contributed by atoms with Gasteiger partial charge in [0.05, 0.1) is 18.8 Å². The Morgan fingerprint density at radius 1 is 1.17 bits per heavy atom. The fourth-order valence-corrected chi connectivity index (χ4v) is 1.96. The van der Waals surface area contributed by atoms with Crippen LogP contribution in [0.5, 0.6) is 0 Å². The second-order valence-electron chi connectivity index (χ2n) is 4.48. The highest BCUT2D eigenvalue weighted by atomic mass is 19.4. The molecule has 1 aromatic rings. The van der Waals surface area contributed by atoms with E-state index >= 15 is 0 Å². The standard InChI is InChI=1S/C13H9F5N2O3/c14-6-1-2-7(11(15)10(6)13(16,17)18)19-8-5-9(22)20(3-4-21)12(8)23/h1-2,5,19,21H,3-4H2. The van der Waals surface area contributed by atoms with Crippen molar-refractivity contribution in [3.05, 3.63) is 41.1 Å². The van der Waals surface area contributed by atoms with Gasteiger partial charge in [0.1, 0.15) is 17.1 Å². The number of carbonyl (C=O) groups is 2. The number of aliphatic hydroxyl groups is 1. The lowest BCUT2D eigenvalue weighted by molar-refractivity contribution is -0.142. The fraction of sp³-hybridized carbons (Fsp3) is 0.231. The Hall–Kier alpha value is -2.49. The molecule has 2 N–H and O–H groups in total. The molecule has 0 aliphatic carbocycles. The highest BCUT2D eigenvalue weighted by Crippen LogP contribution is 2.36. The Balaban J connectivity index is 2.34. The van der Waals surface area contributed by atoms with Crippen LogP contribution in [0.3, 0.4) is 0 Å². The number of imide groups is 1. The third-order valence-electron chi connectivity index (χ3n) is 2.98. The van der Waals surface area contributed by atoms with Crippen LogP contribution in [-0.4, -0.2) is 35.0 Å². The number of nitrogens with one attached hydrogen (secondary N) is 1. The monoisotopic (exact) mass is 336 g/mol. The summed E-state index contributed by atoms with van der Waals surface area (Å²) in [7, 11) is 0. The van der Waals surface area contributed by atoms with E-state index in [0.717, 1.165) is 6.08 Å². The van der Waals surface area contributed by atoms with Gasteiger partial charge in [-0.15, -0.1) is 0 Å². The molecule has 0 bridgehead atoms. The topological polar surface area (TPSA) is 69.6 Å². The Bertz CT molecular complexity index is 700. The van der Waals surface area contributed by atoms with Gasteiger partial charge in [0.15, 0.2) is 5.82 Å². The van der Waals surface area contributed by atoms with Gasteiger partial charge in [-0.25, -0.2) is 8.78 Å². The van der Waals surface area contributed by atoms with Crippen LogP contribution in [0.4, 0.5) is 27.6 Å². The number of rotatable bonds is 4. The second kappa shape index (κ2) is 5.95. The van der Waals surface area contributed by atoms with Gasteiger partial charge >= 0.3 is 6.18 Å². The fourth-order valence-electron chi connectivity index (χ4n) is 1.96. The van der Waals surface area contributed by atoms with E-state index in [4.69, 9.17) is 5.11 Å². The first-order valence-electron chi connectivity index (χ1n) is 6.17. The zero-order valence-electron chi connectivity index (χ0n) is 11.2. The minimum atomic E-state index is -5.27. The van der Waals surface area contributed by atoms with Crippen molar-refractivity contribution in [1.82, 2.24) is 4.90 Å². The summed E-state index contributed by atoms with van der Waals surface area (Å²) in [5.74, 6) is -5.49. The lowest BCUT2D eigenvalue weighted by atomic mass is 10.1. The summed E-state index contributed by atoms with van der Waals surface area (Å²) >= 11 is 0. The van der Waals surface area contributed by atoms with Crippen molar-refractivity contribution < 1.29 is 36.6 Å². The van der Waals surface area contributed by atoms with Gasteiger partial charge < -0.3 is 10.4 Å². The molecule has 0 radical (unpaired) electrons. The average molecular weight is 336 g/mol. The Morgan fingerprint density at radius 3 is 2.39 bits per heavy atom. The van der Waals surface area contributed by atoms with E-state index < -0.39 is 53.2 Å². The van der Waals surface area contributed by atoms with Gasteiger partial charge in [-0.2, -0.15) is 13.2 Å². The van der Waals surface area contributed by atoms with Crippen molar-refractivity contribution in [3.63, 3.8) is 0 Å². The molecule has 0 saturated heterocycles. The van der Waals surface area contributed by atoms with E-state index in [1.54, 1.807) is 0 Å². The molecule has 2 rings (SSSR count). The molecule has 1 aliphatic heterocycles. The van der Waals surface area contributed by atoms with Crippen molar-refractivity contribution in [2.45, 2.75) is 6.18 Å². The number of carbonyl (C=O) groups excluding carboxylic acids is 2. The van der Waals surface area contributed by atoms with Crippen LogP contribution in [0.15, 0.2) is 23.9 Å². The van der Waals surface area contributed by atoms with Crippen molar-refractivity contribution in [1.29, 1.82) is 0 Å². The van der Waals surface area contributed by atoms with Crippen molar-refractivity contribution in [2.24, 2.45) is 0 Å². The maximum Gasteiger partial charge on any atom is 0.422 e. The highest BCUT2D eigenvalue weighted by Gasteiger charge is 2.39. The molecule has 0 unspecified atom stereocenters. The number of hydrogen-bond donors (Lipinski definition) is 2. The number of amides is 2. The highest BCUT2D eigenvalue weighted by molar-refractivity contribution is 6.17. The van der Waals surface area contributed by atoms with Gasteiger partial charge in [-0.05, 0) is 12.1 Å². The normalized spacial score (nSPS) is 15.2. The smallest absolute Gasteiger partial charge is 0.395 e. The van der Waals surface area contributed by atoms with E-state index in [-0.39, 0.29) is 6.54 Å². The molecule has 0 spiro atoms. The molecular weight excluding hydrogens is 327 g/mol. The summed E-state index contributed by atoms with van der Waals surface area (Å²) < 4.78 is 64.9. The molecule has 124 valence electrons. The van der Waals surface area contributed by atoms with Gasteiger partial charge in [0.25, 0.3) is 11.8 Å². The molecule has 0 fully saturated rings. The summed E-state index contributed by atoms with van der Waals surface area (Å²) in [6.45, 7) is -0.833. The van der Waals surface area contributed by atoms with Gasteiger partial charge in [0.2, 0.25) is 0 Å². The predicted molar refractivity (Wildman–Crippen MR) is 66.9 cm³/mol. The maximum absolute atomic E-state index is 13.9. The van der Waals surface area contributed by atoms with Crippen molar-refractivity contribution in [2.75, 3.05) is 18.5 Å². The molecule has 5 nitrogen and oxygen atoms in total. The number of alkyl halides is 3. The summed E-state index contributed by atoms with van der Waals surface area (Å²) in [5.41, 5.74) is -3.40. The number of benzene rings is 1. The largest absolute Gasteiger partial charge is 0.422 e. The van der Waals surface area contributed by atoms with Gasteiger partial charge in [-0.1, -0.05) is 0 Å². The molecule has 1 aliphatic rings. The molecule has 0 atom stereocenters. The van der Waals surface area contributed by atoms with Crippen LogP contribution < -0.4 is 5.32 Å². The SMILES string of the molecule is O=C1C=C(Nc2ccc(F)c(C(F)(F)F)c2F)C(=O)N1CCO. The predicted octanol–water partition coefficient (Wildman–Crippen LogP) is 1.64. The van der Waals surface area contributed by atoms with E-state index in [1.807, 2.05) is 5.32 Å². The quantitative estimate of drug-likeness (QED) is 0.648. The third-order valence-corrected chi connectivity index (χ3v) is 2.98. The number of halogens is 5. The van der Waals surface area contributed by atoms with Crippen molar-refractivity contribution in [3.8, 4) is 0 Å². The van der Waals surface area contributed by atoms with E-state index in [1.165, 1.54) is 0 Å². The number of anilines is 1. The Kier molecular flexibility index (Phi) is 4.37. The zero-order chi connectivity index (χ0) is 17.4. The molecule has 2 amide bonds. The summed E-state index contributed by atoms with van der Waals surface area (Å²) in [6.07, 6.45) is -4.52. The van der Waals surface area contributed by atoms with Crippen LogP contribution in [0.1, 0.15) is 5.56 Å². The Morgan fingerprint density at radius 2 is 1.83 bits per heavy atom. The number of hydrogen-bond acceptors (Lipinski definition) is 4. The molecule has 10 heteroatoms. The van der Waals surface area contributed by atoms with Crippen LogP contribution in [0, 0.1) is 11.6 Å². The maximum atomic E-state index is 13.9. The lowest BCUT2D eigenvalue weighted by Gasteiger charge is -2.15. The molecule has 1 heterocycles. The third kappa shape index (κ3) is 3.16. The lowest BCUT2D eigenvalue weighted by Crippen LogP contribution is -2.34. The molecule has 1 aromatic carbocycles. The molecular formula is C13H9F5N2O3. The van der Waals surface area contributed by atoms with Crippen molar-refractivity contribution >= 4 is 17.5 Å².